The van der Waals surface area contributed by atoms with E-state index in [1.165, 1.54) is 11.1 Å². The van der Waals surface area contributed by atoms with Crippen molar-refractivity contribution >= 4 is 15.9 Å². The molecule has 3 atom stereocenters. The lowest BCUT2D eigenvalue weighted by molar-refractivity contribution is 0.124. The second-order valence-corrected chi connectivity index (χ2v) is 6.02. The van der Waals surface area contributed by atoms with Gasteiger partial charge < -0.3 is 10.8 Å². The average Bonchev–Trinajstić information content (AvgIpc) is 2.32. The Morgan fingerprint density at radius 1 is 1.39 bits per heavy atom. The molecule has 0 saturated carbocycles. The number of aliphatic hydroxyl groups is 1. The molecule has 0 saturated heterocycles. The minimum absolute atomic E-state index is 0.105. The molecule has 0 aliphatic carbocycles. The first kappa shape index (κ1) is 15.7. The number of aliphatic hydroxyl groups excluding tert-OH is 1. The van der Waals surface area contributed by atoms with Crippen molar-refractivity contribution < 1.29 is 5.11 Å². The highest BCUT2D eigenvalue weighted by Crippen LogP contribution is 2.26. The SMILES string of the molecule is CCCC(N)C(O)CC(C)c1ccc(C)c(Br)c1. The van der Waals surface area contributed by atoms with Gasteiger partial charge in [-0.15, -0.1) is 0 Å². The van der Waals surface area contributed by atoms with E-state index in [9.17, 15) is 5.11 Å². The van der Waals surface area contributed by atoms with E-state index in [2.05, 4.69) is 54.9 Å². The lowest BCUT2D eigenvalue weighted by Gasteiger charge is -2.22. The van der Waals surface area contributed by atoms with Crippen LogP contribution in [0.3, 0.4) is 0 Å². The molecule has 1 aromatic carbocycles. The molecule has 3 unspecified atom stereocenters. The van der Waals surface area contributed by atoms with E-state index < -0.39 is 6.10 Å². The van der Waals surface area contributed by atoms with Crippen LogP contribution in [0.25, 0.3) is 0 Å². The first-order valence-electron chi connectivity index (χ1n) is 6.65. The fourth-order valence-corrected chi connectivity index (χ4v) is 2.51. The van der Waals surface area contributed by atoms with Gasteiger partial charge in [-0.3, -0.25) is 0 Å². The molecule has 0 radical (unpaired) electrons. The van der Waals surface area contributed by atoms with Crippen LogP contribution in [-0.4, -0.2) is 17.3 Å². The van der Waals surface area contributed by atoms with Crippen molar-refractivity contribution in [2.24, 2.45) is 5.73 Å². The largest absolute Gasteiger partial charge is 0.391 e. The van der Waals surface area contributed by atoms with Gasteiger partial charge in [0.2, 0.25) is 0 Å². The van der Waals surface area contributed by atoms with Crippen LogP contribution in [-0.2, 0) is 0 Å². The van der Waals surface area contributed by atoms with E-state index in [1.54, 1.807) is 0 Å². The van der Waals surface area contributed by atoms with Crippen LogP contribution in [0.1, 0.15) is 50.2 Å². The summed E-state index contributed by atoms with van der Waals surface area (Å²) in [5, 5.41) is 10.1. The Balaban J connectivity index is 2.64. The van der Waals surface area contributed by atoms with Gasteiger partial charge in [-0.2, -0.15) is 0 Å². The maximum absolute atomic E-state index is 10.1. The summed E-state index contributed by atoms with van der Waals surface area (Å²) in [5.74, 6) is 0.319. The summed E-state index contributed by atoms with van der Waals surface area (Å²) in [5.41, 5.74) is 8.43. The molecule has 3 heteroatoms. The molecular weight excluding hydrogens is 290 g/mol. The van der Waals surface area contributed by atoms with Crippen molar-refractivity contribution in [3.05, 3.63) is 33.8 Å². The van der Waals surface area contributed by atoms with Crippen molar-refractivity contribution in [2.75, 3.05) is 0 Å². The molecule has 0 aliphatic heterocycles. The van der Waals surface area contributed by atoms with Crippen molar-refractivity contribution in [1.29, 1.82) is 0 Å². The van der Waals surface area contributed by atoms with E-state index in [0.29, 0.717) is 5.92 Å². The summed E-state index contributed by atoms with van der Waals surface area (Å²) in [6, 6.07) is 6.26. The molecule has 0 fully saturated rings. The van der Waals surface area contributed by atoms with Crippen LogP contribution < -0.4 is 5.73 Å². The molecule has 1 rings (SSSR count). The second kappa shape index (κ2) is 7.27. The Morgan fingerprint density at radius 3 is 2.61 bits per heavy atom. The smallest absolute Gasteiger partial charge is 0.0696 e. The molecule has 2 nitrogen and oxygen atoms in total. The summed E-state index contributed by atoms with van der Waals surface area (Å²) in [4.78, 5) is 0. The Hall–Kier alpha value is -0.380. The fraction of sp³-hybridized carbons (Fsp3) is 0.600. The lowest BCUT2D eigenvalue weighted by atomic mass is 9.91. The number of hydrogen-bond donors (Lipinski definition) is 2. The van der Waals surface area contributed by atoms with Crippen LogP contribution in [0.15, 0.2) is 22.7 Å². The molecule has 102 valence electrons. The zero-order chi connectivity index (χ0) is 13.7. The molecule has 0 bridgehead atoms. The zero-order valence-corrected chi connectivity index (χ0v) is 13.1. The summed E-state index contributed by atoms with van der Waals surface area (Å²) < 4.78 is 1.12. The molecule has 0 amide bonds. The molecule has 0 aromatic heterocycles. The minimum Gasteiger partial charge on any atom is -0.391 e. The van der Waals surface area contributed by atoms with Crippen LogP contribution >= 0.6 is 15.9 Å². The normalized spacial score (nSPS) is 16.3. The van der Waals surface area contributed by atoms with Gasteiger partial charge >= 0.3 is 0 Å². The Bertz CT molecular complexity index is 381. The predicted molar refractivity (Wildman–Crippen MR) is 80.8 cm³/mol. The van der Waals surface area contributed by atoms with E-state index in [-0.39, 0.29) is 6.04 Å². The average molecular weight is 314 g/mol. The maximum atomic E-state index is 10.1. The third kappa shape index (κ3) is 4.38. The highest BCUT2D eigenvalue weighted by molar-refractivity contribution is 9.10. The number of rotatable bonds is 6. The van der Waals surface area contributed by atoms with Crippen LogP contribution in [0.4, 0.5) is 0 Å². The van der Waals surface area contributed by atoms with Gasteiger partial charge in [0.1, 0.15) is 0 Å². The van der Waals surface area contributed by atoms with Gasteiger partial charge in [0.05, 0.1) is 6.10 Å². The fourth-order valence-electron chi connectivity index (χ4n) is 2.11. The topological polar surface area (TPSA) is 46.2 Å². The monoisotopic (exact) mass is 313 g/mol. The number of hydrogen-bond acceptors (Lipinski definition) is 2. The first-order chi connectivity index (χ1) is 8.45. The molecule has 0 spiro atoms. The summed E-state index contributed by atoms with van der Waals surface area (Å²) >= 11 is 3.55. The Morgan fingerprint density at radius 2 is 2.06 bits per heavy atom. The van der Waals surface area contributed by atoms with Gasteiger partial charge in [0.25, 0.3) is 0 Å². The third-order valence-electron chi connectivity index (χ3n) is 3.48. The van der Waals surface area contributed by atoms with Gasteiger partial charge in [0, 0.05) is 10.5 Å². The maximum Gasteiger partial charge on any atom is 0.0696 e. The number of benzene rings is 1. The Labute approximate surface area is 119 Å². The van der Waals surface area contributed by atoms with Gasteiger partial charge in [-0.25, -0.2) is 0 Å². The van der Waals surface area contributed by atoms with Gasteiger partial charge in [0.15, 0.2) is 0 Å². The standard InChI is InChI=1S/C15H24BrNO/c1-4-5-14(17)15(18)8-11(3)12-7-6-10(2)13(16)9-12/h6-7,9,11,14-15,18H,4-5,8,17H2,1-3H3. The highest BCUT2D eigenvalue weighted by atomic mass is 79.9. The lowest BCUT2D eigenvalue weighted by Crippen LogP contribution is -2.35. The van der Waals surface area contributed by atoms with E-state index in [0.717, 1.165) is 23.7 Å². The summed E-state index contributed by atoms with van der Waals surface area (Å²) in [7, 11) is 0. The number of aryl methyl sites for hydroxylation is 1. The second-order valence-electron chi connectivity index (χ2n) is 5.17. The first-order valence-corrected chi connectivity index (χ1v) is 7.44. The van der Waals surface area contributed by atoms with Crippen LogP contribution in [0.2, 0.25) is 0 Å². The number of nitrogens with two attached hydrogens (primary N) is 1. The number of halogens is 1. The Kier molecular flexibility index (Phi) is 6.33. The molecule has 18 heavy (non-hydrogen) atoms. The zero-order valence-electron chi connectivity index (χ0n) is 11.5. The minimum atomic E-state index is -0.417. The highest BCUT2D eigenvalue weighted by Gasteiger charge is 2.18. The quantitative estimate of drug-likeness (QED) is 0.840. The molecule has 0 aliphatic rings. The van der Waals surface area contributed by atoms with E-state index in [1.807, 2.05) is 0 Å². The molecular formula is C15H24BrNO. The van der Waals surface area contributed by atoms with Crippen LogP contribution in [0, 0.1) is 6.92 Å². The van der Waals surface area contributed by atoms with E-state index >= 15 is 0 Å². The summed E-state index contributed by atoms with van der Waals surface area (Å²) in [6.45, 7) is 6.30. The predicted octanol–water partition coefficient (Wildman–Crippen LogP) is 3.74. The molecule has 0 heterocycles. The summed E-state index contributed by atoms with van der Waals surface area (Å²) in [6.07, 6.45) is 2.20. The molecule has 1 aromatic rings. The van der Waals surface area contributed by atoms with E-state index in [4.69, 9.17) is 5.73 Å². The van der Waals surface area contributed by atoms with Crippen molar-refractivity contribution in [3.63, 3.8) is 0 Å². The van der Waals surface area contributed by atoms with Crippen molar-refractivity contribution in [3.8, 4) is 0 Å². The van der Waals surface area contributed by atoms with Gasteiger partial charge in [-0.1, -0.05) is 48.3 Å². The van der Waals surface area contributed by atoms with Crippen molar-refractivity contribution in [2.45, 2.75) is 58.1 Å². The van der Waals surface area contributed by atoms with Gasteiger partial charge in [-0.05, 0) is 42.9 Å². The van der Waals surface area contributed by atoms with Crippen LogP contribution in [0.5, 0.6) is 0 Å². The third-order valence-corrected chi connectivity index (χ3v) is 4.33. The molecule has 3 N–H and O–H groups in total. The van der Waals surface area contributed by atoms with Crippen molar-refractivity contribution in [1.82, 2.24) is 0 Å².